The Bertz CT molecular complexity index is 1180. The number of carbonyl (C=O) groups excluding carboxylic acids is 1. The monoisotopic (exact) mass is 521 g/mol. The minimum Gasteiger partial charge on any atom is -0.483 e. The first-order valence-corrected chi connectivity index (χ1v) is 14.2. The quantitative estimate of drug-likeness (QED) is 0.442. The Hall–Kier alpha value is -2.70. The lowest BCUT2D eigenvalue weighted by atomic mass is 9.76. The first-order valence-electron chi connectivity index (χ1n) is 12.3. The standard InChI is InChI=1S/C23H33N5O4S.CH2O2/c1-17-24-19-4-3-5-20(21(19)25-17)27-14-12-26(13-15-27)9-6-18-16-23(22(29)32-18)7-10-28(11-8-23)33(2,30)31;2-1-3/h3-5,18H,6-16H2,1-2H3,(H,24,25);1H,(H,2,3). The summed E-state index contributed by atoms with van der Waals surface area (Å²) in [4.78, 5) is 33.8. The van der Waals surface area contributed by atoms with E-state index in [1.54, 1.807) is 0 Å². The summed E-state index contributed by atoms with van der Waals surface area (Å²) < 4.78 is 30.8. The first-order chi connectivity index (χ1) is 17.1. The van der Waals surface area contributed by atoms with Crippen molar-refractivity contribution in [1.82, 2.24) is 19.2 Å². The normalized spacial score (nSPS) is 22.9. The number of para-hydroxylation sites is 1. The number of carboxylic acid groups (broad SMARTS) is 1. The summed E-state index contributed by atoms with van der Waals surface area (Å²) in [6.45, 7) is 7.30. The molecule has 0 bridgehead atoms. The summed E-state index contributed by atoms with van der Waals surface area (Å²) in [5, 5.41) is 6.89. The topological polar surface area (TPSA) is 136 Å². The fourth-order valence-electron chi connectivity index (χ4n) is 5.59. The zero-order valence-electron chi connectivity index (χ0n) is 20.9. The van der Waals surface area contributed by atoms with Gasteiger partial charge in [-0.1, -0.05) is 6.07 Å². The number of imidazole rings is 1. The van der Waals surface area contributed by atoms with Crippen LogP contribution >= 0.6 is 0 Å². The van der Waals surface area contributed by atoms with E-state index in [0.29, 0.717) is 32.4 Å². The van der Waals surface area contributed by atoms with Gasteiger partial charge in [-0.3, -0.25) is 14.5 Å². The molecule has 1 aromatic carbocycles. The molecule has 0 amide bonds. The highest BCUT2D eigenvalue weighted by molar-refractivity contribution is 7.88. The summed E-state index contributed by atoms with van der Waals surface area (Å²) >= 11 is 0. The highest BCUT2D eigenvalue weighted by Crippen LogP contribution is 2.44. The molecule has 36 heavy (non-hydrogen) atoms. The van der Waals surface area contributed by atoms with Crippen molar-refractivity contribution in [3.63, 3.8) is 0 Å². The van der Waals surface area contributed by atoms with Gasteiger partial charge in [0.25, 0.3) is 6.47 Å². The Balaban J connectivity index is 0.000000967. The molecule has 198 valence electrons. The van der Waals surface area contributed by atoms with Crippen LogP contribution in [-0.2, 0) is 24.3 Å². The van der Waals surface area contributed by atoms with Crippen molar-refractivity contribution in [3.8, 4) is 0 Å². The van der Waals surface area contributed by atoms with E-state index in [1.807, 2.05) is 13.0 Å². The van der Waals surface area contributed by atoms with Gasteiger partial charge in [-0.15, -0.1) is 0 Å². The minimum atomic E-state index is -3.20. The maximum absolute atomic E-state index is 12.7. The number of benzene rings is 1. The van der Waals surface area contributed by atoms with Crippen LogP contribution in [0, 0.1) is 12.3 Å². The number of H-pyrrole nitrogens is 1. The summed E-state index contributed by atoms with van der Waals surface area (Å²) in [7, 11) is -3.20. The number of sulfonamides is 1. The number of carbonyl (C=O) groups is 2. The maximum Gasteiger partial charge on any atom is 0.312 e. The fourth-order valence-corrected chi connectivity index (χ4v) is 6.44. The highest BCUT2D eigenvalue weighted by Gasteiger charge is 2.51. The second kappa shape index (κ2) is 10.7. The number of hydrogen-bond acceptors (Lipinski definition) is 8. The molecule has 1 unspecified atom stereocenters. The molecule has 0 aliphatic carbocycles. The molecule has 3 saturated heterocycles. The Labute approximate surface area is 211 Å². The van der Waals surface area contributed by atoms with Gasteiger partial charge in [0.05, 0.1) is 28.4 Å². The summed E-state index contributed by atoms with van der Waals surface area (Å²) in [5.41, 5.74) is 2.82. The van der Waals surface area contributed by atoms with Gasteiger partial charge in [-0.05, 0) is 38.3 Å². The Morgan fingerprint density at radius 1 is 1.19 bits per heavy atom. The van der Waals surface area contributed by atoms with Crippen LogP contribution in [0.4, 0.5) is 5.69 Å². The molecular weight excluding hydrogens is 486 g/mol. The van der Waals surface area contributed by atoms with Gasteiger partial charge in [0.2, 0.25) is 10.0 Å². The van der Waals surface area contributed by atoms with E-state index in [2.05, 4.69) is 31.9 Å². The average Bonchev–Trinajstić information content (AvgIpc) is 3.37. The molecule has 0 saturated carbocycles. The molecule has 2 aromatic rings. The van der Waals surface area contributed by atoms with E-state index in [9.17, 15) is 13.2 Å². The maximum atomic E-state index is 12.7. The molecule has 1 aromatic heterocycles. The Kier molecular flexibility index (Phi) is 7.86. The van der Waals surface area contributed by atoms with E-state index in [0.717, 1.165) is 56.0 Å². The molecule has 1 spiro atoms. The number of anilines is 1. The van der Waals surface area contributed by atoms with Crippen LogP contribution in [0.2, 0.25) is 0 Å². The number of fused-ring (bicyclic) bond motifs is 1. The van der Waals surface area contributed by atoms with Gasteiger partial charge in [0, 0.05) is 52.2 Å². The van der Waals surface area contributed by atoms with Crippen molar-refractivity contribution in [2.45, 2.75) is 38.7 Å². The number of aryl methyl sites for hydroxylation is 1. The summed E-state index contributed by atoms with van der Waals surface area (Å²) in [6.07, 6.45) is 3.83. The molecule has 12 heteroatoms. The zero-order valence-corrected chi connectivity index (χ0v) is 21.7. The fraction of sp³-hybridized carbons (Fsp3) is 0.625. The molecule has 3 aliphatic heterocycles. The number of nitrogens with one attached hydrogen (secondary N) is 1. The van der Waals surface area contributed by atoms with E-state index in [-0.39, 0.29) is 18.5 Å². The number of ether oxygens (including phenoxy) is 1. The number of aromatic nitrogens is 2. The van der Waals surface area contributed by atoms with Gasteiger partial charge in [0.15, 0.2) is 0 Å². The van der Waals surface area contributed by atoms with Crippen molar-refractivity contribution < 1.29 is 27.9 Å². The largest absolute Gasteiger partial charge is 0.483 e. The second-order valence-corrected chi connectivity index (χ2v) is 11.9. The predicted molar refractivity (Wildman–Crippen MR) is 135 cm³/mol. The molecule has 11 nitrogen and oxygen atoms in total. The molecular formula is C24H35N5O6S. The number of cyclic esters (lactones) is 1. The Morgan fingerprint density at radius 2 is 1.86 bits per heavy atom. The van der Waals surface area contributed by atoms with Crippen molar-refractivity contribution in [3.05, 3.63) is 24.0 Å². The second-order valence-electron chi connectivity index (χ2n) is 9.89. The number of piperazine rings is 1. The summed E-state index contributed by atoms with van der Waals surface area (Å²) in [5.74, 6) is 0.801. The number of piperidine rings is 1. The lowest BCUT2D eigenvalue weighted by Crippen LogP contribution is -2.47. The number of aromatic amines is 1. The van der Waals surface area contributed by atoms with E-state index < -0.39 is 15.4 Å². The van der Waals surface area contributed by atoms with E-state index in [4.69, 9.17) is 14.6 Å². The molecule has 2 N–H and O–H groups in total. The predicted octanol–water partition coefficient (Wildman–Crippen LogP) is 1.44. The number of rotatable bonds is 5. The molecule has 4 heterocycles. The molecule has 3 fully saturated rings. The average molecular weight is 522 g/mol. The third-order valence-corrected chi connectivity index (χ3v) is 8.87. The highest BCUT2D eigenvalue weighted by atomic mass is 32.2. The molecule has 3 aliphatic rings. The third-order valence-electron chi connectivity index (χ3n) is 7.57. The lowest BCUT2D eigenvalue weighted by Gasteiger charge is -2.36. The van der Waals surface area contributed by atoms with Gasteiger partial charge in [0.1, 0.15) is 11.9 Å². The zero-order chi connectivity index (χ0) is 25.9. The van der Waals surface area contributed by atoms with Crippen LogP contribution < -0.4 is 4.90 Å². The third kappa shape index (κ3) is 5.65. The first kappa shape index (κ1) is 26.4. The summed E-state index contributed by atoms with van der Waals surface area (Å²) in [6, 6.07) is 6.26. The van der Waals surface area contributed by atoms with Gasteiger partial charge >= 0.3 is 5.97 Å². The van der Waals surface area contributed by atoms with Crippen molar-refractivity contribution in [2.75, 3.05) is 57.0 Å². The number of nitrogens with zero attached hydrogens (tertiary/aromatic N) is 4. The van der Waals surface area contributed by atoms with Crippen LogP contribution in [0.25, 0.3) is 11.0 Å². The minimum absolute atomic E-state index is 0.0676. The smallest absolute Gasteiger partial charge is 0.312 e. The van der Waals surface area contributed by atoms with Crippen LogP contribution in [0.5, 0.6) is 0 Å². The van der Waals surface area contributed by atoms with Gasteiger partial charge in [-0.25, -0.2) is 17.7 Å². The van der Waals surface area contributed by atoms with Crippen LogP contribution in [-0.4, -0.2) is 103 Å². The van der Waals surface area contributed by atoms with E-state index >= 15 is 0 Å². The van der Waals surface area contributed by atoms with Crippen LogP contribution in [0.1, 0.15) is 31.5 Å². The SMILES string of the molecule is Cc1nc2cccc(N3CCN(CCC4CC5(CCN(S(C)(=O)=O)CC5)C(=O)O4)CC3)c2[nH]1.O=CO. The van der Waals surface area contributed by atoms with Crippen molar-refractivity contribution >= 4 is 39.2 Å². The van der Waals surface area contributed by atoms with Crippen molar-refractivity contribution in [2.24, 2.45) is 5.41 Å². The van der Waals surface area contributed by atoms with Gasteiger partial charge in [-0.2, -0.15) is 0 Å². The van der Waals surface area contributed by atoms with Crippen LogP contribution in [0.3, 0.4) is 0 Å². The lowest BCUT2D eigenvalue weighted by molar-refractivity contribution is -0.150. The molecule has 1 atom stereocenters. The van der Waals surface area contributed by atoms with Crippen LogP contribution in [0.15, 0.2) is 18.2 Å². The van der Waals surface area contributed by atoms with Crippen molar-refractivity contribution in [1.29, 1.82) is 0 Å². The Morgan fingerprint density at radius 3 is 2.50 bits per heavy atom. The van der Waals surface area contributed by atoms with E-state index in [1.165, 1.54) is 16.2 Å². The molecule has 5 rings (SSSR count). The number of esters is 1. The van der Waals surface area contributed by atoms with Gasteiger partial charge < -0.3 is 19.7 Å². The molecule has 0 radical (unpaired) electrons. The number of hydrogen-bond donors (Lipinski definition) is 2.